The van der Waals surface area contributed by atoms with Crippen molar-refractivity contribution < 1.29 is 17.2 Å². The molecule has 40 heavy (non-hydrogen) atoms. The Labute approximate surface area is 234 Å². The van der Waals surface area contributed by atoms with Gasteiger partial charge in [0.1, 0.15) is 33.8 Å². The fourth-order valence-corrected chi connectivity index (χ4v) is 5.76. The zero-order valence-corrected chi connectivity index (χ0v) is 22.2. The van der Waals surface area contributed by atoms with E-state index in [0.29, 0.717) is 22.4 Å². The molecule has 0 bridgehead atoms. The number of para-hydroxylation sites is 1. The summed E-state index contributed by atoms with van der Waals surface area (Å²) < 4.78 is 59.8. The number of rotatable bonds is 6. The summed E-state index contributed by atoms with van der Waals surface area (Å²) in [5.41, 5.74) is 0.679. The Kier molecular flexibility index (Phi) is 6.41. The second kappa shape index (κ2) is 9.93. The minimum Gasteiger partial charge on any atom is -0.333 e. The molecule has 0 aliphatic heterocycles. The SMILES string of the molecule is O=S(=O)(Nc1ccc(F)c(Nc2ncnc3ccc(-n4nnc5ccccc54)nc23)c1F)c1cccc(Cl)c1Cl. The number of nitrogens with one attached hydrogen (secondary N) is 2. The molecule has 0 spiro atoms. The molecule has 6 rings (SSSR count). The lowest BCUT2D eigenvalue weighted by Gasteiger charge is -2.15. The van der Waals surface area contributed by atoms with E-state index < -0.39 is 33.0 Å². The van der Waals surface area contributed by atoms with E-state index in [9.17, 15) is 12.8 Å². The first-order valence-electron chi connectivity index (χ1n) is 11.4. The van der Waals surface area contributed by atoms with E-state index in [1.165, 1.54) is 29.2 Å². The number of benzene rings is 3. The third-order valence-corrected chi connectivity index (χ3v) is 8.16. The first-order valence-corrected chi connectivity index (χ1v) is 13.6. The molecule has 0 fully saturated rings. The van der Waals surface area contributed by atoms with E-state index in [2.05, 4.69) is 35.3 Å². The van der Waals surface area contributed by atoms with E-state index in [0.717, 1.165) is 12.1 Å². The topological polar surface area (TPSA) is 128 Å². The summed E-state index contributed by atoms with van der Waals surface area (Å²) in [4.78, 5) is 12.5. The fourth-order valence-electron chi connectivity index (χ4n) is 3.93. The van der Waals surface area contributed by atoms with Crippen LogP contribution in [0.1, 0.15) is 0 Å². The van der Waals surface area contributed by atoms with Gasteiger partial charge in [-0.2, -0.15) is 4.68 Å². The van der Waals surface area contributed by atoms with Crippen molar-refractivity contribution in [2.24, 2.45) is 0 Å². The molecule has 3 aromatic heterocycles. The maximum Gasteiger partial charge on any atom is 0.263 e. The van der Waals surface area contributed by atoms with Crippen LogP contribution in [0.25, 0.3) is 27.9 Å². The Bertz CT molecular complexity index is 2060. The second-order valence-electron chi connectivity index (χ2n) is 8.32. The molecule has 0 aliphatic carbocycles. The lowest BCUT2D eigenvalue weighted by Crippen LogP contribution is -2.15. The minimum atomic E-state index is -4.39. The molecule has 3 aromatic carbocycles. The van der Waals surface area contributed by atoms with Gasteiger partial charge in [0, 0.05) is 0 Å². The number of sulfonamides is 1. The standard InChI is InChI=1S/C25H14Cl2F2N8O2S/c26-13-4-3-7-19(21(13)27)40(38,39)35-16-9-8-14(28)23(22(16)29)33-25-24-17(30-12-31-25)10-11-20(32-24)37-18-6-2-1-5-15(18)34-36-37/h1-12,35H,(H,30,31,33). The van der Waals surface area contributed by atoms with Crippen LogP contribution in [-0.2, 0) is 10.0 Å². The lowest BCUT2D eigenvalue weighted by molar-refractivity contribution is 0.588. The zero-order chi connectivity index (χ0) is 28.0. The van der Waals surface area contributed by atoms with Gasteiger partial charge in [0.05, 0.1) is 26.8 Å². The predicted molar refractivity (Wildman–Crippen MR) is 147 cm³/mol. The van der Waals surface area contributed by atoms with Crippen LogP contribution in [0.2, 0.25) is 10.0 Å². The highest BCUT2D eigenvalue weighted by atomic mass is 35.5. The molecule has 0 saturated heterocycles. The Morgan fingerprint density at radius 3 is 2.55 bits per heavy atom. The molecule has 10 nitrogen and oxygen atoms in total. The largest absolute Gasteiger partial charge is 0.333 e. The van der Waals surface area contributed by atoms with Gasteiger partial charge < -0.3 is 5.32 Å². The van der Waals surface area contributed by atoms with E-state index in [4.69, 9.17) is 23.2 Å². The van der Waals surface area contributed by atoms with Crippen LogP contribution >= 0.6 is 23.2 Å². The van der Waals surface area contributed by atoms with Crippen molar-refractivity contribution in [2.45, 2.75) is 4.90 Å². The number of hydrogen-bond donors (Lipinski definition) is 2. The Morgan fingerprint density at radius 1 is 0.875 bits per heavy atom. The monoisotopic (exact) mass is 598 g/mol. The van der Waals surface area contributed by atoms with Crippen LogP contribution in [0.15, 0.2) is 78.0 Å². The van der Waals surface area contributed by atoms with Crippen LogP contribution < -0.4 is 10.0 Å². The molecule has 6 aromatic rings. The molecule has 3 heterocycles. The molecule has 0 saturated carbocycles. The number of aromatic nitrogens is 6. The highest BCUT2D eigenvalue weighted by Crippen LogP contribution is 2.34. The fraction of sp³-hybridized carbons (Fsp3) is 0. The summed E-state index contributed by atoms with van der Waals surface area (Å²) in [6.07, 6.45) is 1.19. The van der Waals surface area contributed by atoms with Crippen LogP contribution in [0.3, 0.4) is 0 Å². The van der Waals surface area contributed by atoms with Gasteiger partial charge in [0.2, 0.25) is 0 Å². The van der Waals surface area contributed by atoms with Crippen LogP contribution in [0.5, 0.6) is 0 Å². The third-order valence-electron chi connectivity index (χ3n) is 5.82. The normalized spacial score (nSPS) is 11.7. The molecule has 0 radical (unpaired) electrons. The van der Waals surface area contributed by atoms with Gasteiger partial charge in [0.15, 0.2) is 17.5 Å². The van der Waals surface area contributed by atoms with Gasteiger partial charge in [-0.1, -0.05) is 46.6 Å². The summed E-state index contributed by atoms with van der Waals surface area (Å²) >= 11 is 12.0. The van der Waals surface area contributed by atoms with Crippen molar-refractivity contribution >= 4 is 72.5 Å². The Morgan fingerprint density at radius 2 is 1.70 bits per heavy atom. The molecule has 200 valence electrons. The summed E-state index contributed by atoms with van der Waals surface area (Å²) in [7, 11) is -4.39. The average Bonchev–Trinajstić information content (AvgIpc) is 3.38. The average molecular weight is 599 g/mol. The second-order valence-corrected chi connectivity index (χ2v) is 10.8. The molecule has 15 heteroatoms. The molecule has 2 N–H and O–H groups in total. The van der Waals surface area contributed by atoms with Crippen molar-refractivity contribution in [1.29, 1.82) is 0 Å². The lowest BCUT2D eigenvalue weighted by atomic mass is 10.2. The van der Waals surface area contributed by atoms with E-state index >= 15 is 4.39 Å². The van der Waals surface area contributed by atoms with Crippen LogP contribution in [0, 0.1) is 11.6 Å². The maximum atomic E-state index is 15.5. The number of halogens is 4. The predicted octanol–water partition coefficient (Wildman–Crippen LogP) is 5.89. The van der Waals surface area contributed by atoms with E-state index in [-0.39, 0.29) is 26.3 Å². The van der Waals surface area contributed by atoms with Gasteiger partial charge >= 0.3 is 0 Å². The van der Waals surface area contributed by atoms with E-state index in [1.54, 1.807) is 18.2 Å². The van der Waals surface area contributed by atoms with Gasteiger partial charge in [-0.15, -0.1) is 5.10 Å². The summed E-state index contributed by atoms with van der Waals surface area (Å²) in [5, 5.41) is 10.6. The first kappa shape index (κ1) is 25.8. The van der Waals surface area contributed by atoms with Crippen molar-refractivity contribution in [2.75, 3.05) is 10.0 Å². The summed E-state index contributed by atoms with van der Waals surface area (Å²) in [6.45, 7) is 0. The maximum absolute atomic E-state index is 15.5. The highest BCUT2D eigenvalue weighted by Gasteiger charge is 2.24. The molecular weight excluding hydrogens is 585 g/mol. The number of anilines is 3. The Balaban J connectivity index is 1.39. The quantitative estimate of drug-likeness (QED) is 0.243. The number of pyridine rings is 1. The van der Waals surface area contributed by atoms with Crippen molar-refractivity contribution in [1.82, 2.24) is 29.9 Å². The summed E-state index contributed by atoms with van der Waals surface area (Å²) in [5.74, 6) is -1.91. The van der Waals surface area contributed by atoms with Crippen molar-refractivity contribution in [3.8, 4) is 5.82 Å². The first-order chi connectivity index (χ1) is 19.2. The molecule has 0 amide bonds. The number of hydrogen-bond acceptors (Lipinski definition) is 8. The molecule has 0 unspecified atom stereocenters. The van der Waals surface area contributed by atoms with Gasteiger partial charge in [-0.25, -0.2) is 32.2 Å². The smallest absolute Gasteiger partial charge is 0.263 e. The molecule has 0 aliphatic rings. The Hall–Kier alpha value is -4.46. The van der Waals surface area contributed by atoms with Crippen molar-refractivity contribution in [3.63, 3.8) is 0 Å². The number of fused-ring (bicyclic) bond motifs is 2. The van der Waals surface area contributed by atoms with Gasteiger partial charge in [0.25, 0.3) is 10.0 Å². The van der Waals surface area contributed by atoms with Gasteiger partial charge in [-0.05, 0) is 48.5 Å². The minimum absolute atomic E-state index is 0.00660. The summed E-state index contributed by atoms with van der Waals surface area (Å²) in [6, 6.07) is 16.4. The van der Waals surface area contributed by atoms with Crippen LogP contribution in [-0.4, -0.2) is 38.4 Å². The van der Waals surface area contributed by atoms with Crippen molar-refractivity contribution in [3.05, 3.63) is 94.7 Å². The highest BCUT2D eigenvalue weighted by molar-refractivity contribution is 7.92. The molecular formula is C25H14Cl2F2N8O2S. The zero-order valence-electron chi connectivity index (χ0n) is 19.8. The third kappa shape index (κ3) is 4.53. The van der Waals surface area contributed by atoms with E-state index in [1.807, 2.05) is 18.2 Å². The van der Waals surface area contributed by atoms with Crippen LogP contribution in [0.4, 0.5) is 26.0 Å². The molecule has 0 atom stereocenters. The van der Waals surface area contributed by atoms with Gasteiger partial charge in [-0.3, -0.25) is 4.72 Å². The number of nitrogens with zero attached hydrogens (tertiary/aromatic N) is 6.